The van der Waals surface area contributed by atoms with Gasteiger partial charge in [-0.15, -0.1) is 11.8 Å². The number of rotatable bonds is 6. The normalized spacial score (nSPS) is 19.2. The fourth-order valence-corrected chi connectivity index (χ4v) is 4.56. The van der Waals surface area contributed by atoms with E-state index in [0.717, 1.165) is 22.6 Å². The van der Waals surface area contributed by atoms with Crippen molar-refractivity contribution < 1.29 is 9.59 Å². The lowest BCUT2D eigenvalue weighted by Gasteiger charge is -2.31. The third kappa shape index (κ3) is 5.59. The Kier molecular flexibility index (Phi) is 6.75. The van der Waals surface area contributed by atoms with E-state index in [2.05, 4.69) is 40.2 Å². The van der Waals surface area contributed by atoms with E-state index in [0.29, 0.717) is 6.42 Å². The molecule has 1 aliphatic rings. The summed E-state index contributed by atoms with van der Waals surface area (Å²) >= 11 is 1.62. The largest absolute Gasteiger partial charge is 0.332 e. The average Bonchev–Trinajstić information content (AvgIpc) is 2.63. The highest BCUT2D eigenvalue weighted by atomic mass is 32.2. The van der Waals surface area contributed by atoms with E-state index >= 15 is 0 Å². The number of thioether (sulfide) groups is 1. The summed E-state index contributed by atoms with van der Waals surface area (Å²) in [4.78, 5) is 24.7. The van der Waals surface area contributed by atoms with Crippen LogP contribution in [0.25, 0.3) is 0 Å². The predicted octanol–water partition coefficient (Wildman–Crippen LogP) is 3.64. The second-order valence-electron chi connectivity index (χ2n) is 7.34. The van der Waals surface area contributed by atoms with Crippen molar-refractivity contribution in [2.45, 2.75) is 50.9 Å². The van der Waals surface area contributed by atoms with E-state index in [1.165, 1.54) is 11.1 Å². The van der Waals surface area contributed by atoms with Crippen LogP contribution < -0.4 is 16.0 Å². The van der Waals surface area contributed by atoms with Crippen LogP contribution in [-0.4, -0.2) is 23.4 Å². The third-order valence-electron chi connectivity index (χ3n) is 4.74. The number of nitrogens with one attached hydrogen (secondary N) is 3. The van der Waals surface area contributed by atoms with Crippen LogP contribution in [-0.2, 0) is 15.3 Å². The first-order chi connectivity index (χ1) is 13.4. The average molecular weight is 398 g/mol. The molecular weight excluding hydrogens is 370 g/mol. The molecule has 0 saturated carbocycles. The van der Waals surface area contributed by atoms with E-state index in [4.69, 9.17) is 0 Å². The van der Waals surface area contributed by atoms with Crippen molar-refractivity contribution in [3.05, 3.63) is 64.7 Å². The molecule has 2 atom stereocenters. The lowest BCUT2D eigenvalue weighted by Crippen LogP contribution is -2.55. The second-order valence-corrected chi connectivity index (χ2v) is 8.43. The molecule has 6 heteroatoms. The molecule has 3 N–H and O–H groups in total. The molecular formula is C22H27N3O2S. The number of benzene rings is 2. The Balaban J connectivity index is 1.56. The first kappa shape index (κ1) is 20.4. The maximum Gasteiger partial charge on any atom is 0.225 e. The van der Waals surface area contributed by atoms with Gasteiger partial charge in [0.1, 0.15) is 5.50 Å². The van der Waals surface area contributed by atoms with Gasteiger partial charge in [0.25, 0.3) is 0 Å². The summed E-state index contributed by atoms with van der Waals surface area (Å²) in [5, 5.41) is 9.35. The highest BCUT2D eigenvalue weighted by molar-refractivity contribution is 7.99. The van der Waals surface area contributed by atoms with Gasteiger partial charge >= 0.3 is 0 Å². The molecule has 1 aliphatic heterocycles. The van der Waals surface area contributed by atoms with Crippen molar-refractivity contribution >= 4 is 29.3 Å². The number of hydrogen-bond acceptors (Lipinski definition) is 4. The molecule has 3 rings (SSSR count). The molecule has 0 aromatic heterocycles. The zero-order valence-electron chi connectivity index (χ0n) is 16.5. The smallest absolute Gasteiger partial charge is 0.225 e. The molecule has 1 saturated heterocycles. The Labute approximate surface area is 170 Å². The van der Waals surface area contributed by atoms with Crippen LogP contribution in [0.5, 0.6) is 0 Å². The Morgan fingerprint density at radius 3 is 2.50 bits per heavy atom. The van der Waals surface area contributed by atoms with Crippen molar-refractivity contribution in [1.82, 2.24) is 10.6 Å². The van der Waals surface area contributed by atoms with Gasteiger partial charge in [0.05, 0.1) is 0 Å². The molecule has 0 aliphatic carbocycles. The maximum atomic E-state index is 12.6. The molecule has 28 heavy (non-hydrogen) atoms. The molecule has 2 aromatic carbocycles. The van der Waals surface area contributed by atoms with Crippen LogP contribution in [0.3, 0.4) is 0 Å². The van der Waals surface area contributed by atoms with Gasteiger partial charge in [-0.1, -0.05) is 48.0 Å². The Morgan fingerprint density at radius 2 is 1.82 bits per heavy atom. The topological polar surface area (TPSA) is 70.2 Å². The van der Waals surface area contributed by atoms with Gasteiger partial charge in [-0.05, 0) is 37.5 Å². The minimum Gasteiger partial charge on any atom is -0.332 e. The number of carbonyl (C=O) groups excluding carboxylic acids is 2. The molecule has 1 heterocycles. The third-order valence-corrected chi connectivity index (χ3v) is 5.83. The summed E-state index contributed by atoms with van der Waals surface area (Å²) in [5.41, 5.74) is 5.16. The Bertz CT molecular complexity index is 831. The first-order valence-corrected chi connectivity index (χ1v) is 10.5. The lowest BCUT2D eigenvalue weighted by molar-refractivity contribution is -0.124. The Morgan fingerprint density at radius 1 is 1.14 bits per heavy atom. The molecule has 0 spiro atoms. The molecule has 1 fully saturated rings. The summed E-state index contributed by atoms with van der Waals surface area (Å²) in [6.45, 7) is 6.04. The van der Waals surface area contributed by atoms with Gasteiger partial charge in [0.15, 0.2) is 0 Å². The monoisotopic (exact) mass is 397 g/mol. The van der Waals surface area contributed by atoms with E-state index in [-0.39, 0.29) is 29.8 Å². The number of amides is 2. The summed E-state index contributed by atoms with van der Waals surface area (Å²) in [7, 11) is 0. The highest BCUT2D eigenvalue weighted by Crippen LogP contribution is 2.23. The van der Waals surface area contributed by atoms with Gasteiger partial charge in [0.2, 0.25) is 11.8 Å². The number of anilines is 1. The zero-order chi connectivity index (χ0) is 20.1. The van der Waals surface area contributed by atoms with Gasteiger partial charge in [-0.25, -0.2) is 0 Å². The molecule has 148 valence electrons. The van der Waals surface area contributed by atoms with Crippen LogP contribution in [0.2, 0.25) is 0 Å². The summed E-state index contributed by atoms with van der Waals surface area (Å²) in [6.07, 6.45) is 0.574. The van der Waals surface area contributed by atoms with Crippen LogP contribution in [0.15, 0.2) is 42.5 Å². The molecule has 2 aromatic rings. The number of hydrogen-bond donors (Lipinski definition) is 3. The molecule has 2 unspecified atom stereocenters. The minimum atomic E-state index is -0.192. The van der Waals surface area contributed by atoms with Gasteiger partial charge in [-0.2, -0.15) is 0 Å². The van der Waals surface area contributed by atoms with E-state index in [1.54, 1.807) is 11.8 Å². The highest BCUT2D eigenvalue weighted by Gasteiger charge is 2.27. The molecule has 5 nitrogen and oxygen atoms in total. The van der Waals surface area contributed by atoms with Gasteiger partial charge in [0, 0.05) is 30.3 Å². The van der Waals surface area contributed by atoms with Crippen molar-refractivity contribution in [1.29, 1.82) is 0 Å². The van der Waals surface area contributed by atoms with Crippen molar-refractivity contribution in [3.8, 4) is 0 Å². The van der Waals surface area contributed by atoms with E-state index in [9.17, 15) is 9.59 Å². The van der Waals surface area contributed by atoms with Crippen LogP contribution in [0.1, 0.15) is 35.1 Å². The Hall–Kier alpha value is -2.31. The first-order valence-electron chi connectivity index (χ1n) is 9.49. The summed E-state index contributed by atoms with van der Waals surface area (Å²) in [5.74, 6) is 0.693. The van der Waals surface area contributed by atoms with E-state index in [1.807, 2.05) is 39.0 Å². The predicted molar refractivity (Wildman–Crippen MR) is 115 cm³/mol. The maximum absolute atomic E-state index is 12.6. The van der Waals surface area contributed by atoms with Gasteiger partial charge in [-0.3, -0.25) is 14.9 Å². The van der Waals surface area contributed by atoms with Crippen molar-refractivity contribution in [3.63, 3.8) is 0 Å². The SMILES string of the molecule is Cc1cc(C)c(NC(=O)CC2CC(=O)NC(SCc3ccccc3)N2)c(C)c1. The second kappa shape index (κ2) is 9.26. The zero-order valence-corrected chi connectivity index (χ0v) is 17.4. The minimum absolute atomic E-state index is 0.0233. The van der Waals surface area contributed by atoms with Crippen molar-refractivity contribution in [2.75, 3.05) is 5.32 Å². The molecule has 2 amide bonds. The summed E-state index contributed by atoms with van der Waals surface area (Å²) in [6, 6.07) is 14.1. The summed E-state index contributed by atoms with van der Waals surface area (Å²) < 4.78 is 0. The molecule has 0 radical (unpaired) electrons. The molecule has 0 bridgehead atoms. The van der Waals surface area contributed by atoms with Crippen LogP contribution in [0, 0.1) is 20.8 Å². The van der Waals surface area contributed by atoms with Gasteiger partial charge < -0.3 is 10.6 Å². The van der Waals surface area contributed by atoms with E-state index < -0.39 is 0 Å². The fraction of sp³-hybridized carbons (Fsp3) is 0.364. The van der Waals surface area contributed by atoms with Crippen molar-refractivity contribution in [2.24, 2.45) is 0 Å². The number of aryl methyl sites for hydroxylation is 3. The lowest BCUT2D eigenvalue weighted by atomic mass is 10.0. The number of carbonyl (C=O) groups is 2. The standard InChI is InChI=1S/C22H27N3O2S/c1-14-9-15(2)21(16(3)10-14)24-19(26)11-18-12-20(27)25-22(23-18)28-13-17-7-5-4-6-8-17/h4-10,18,22-23H,11-13H2,1-3H3,(H,24,26)(H,25,27). The van der Waals surface area contributed by atoms with Crippen LogP contribution in [0.4, 0.5) is 5.69 Å². The van der Waals surface area contributed by atoms with Crippen LogP contribution >= 0.6 is 11.8 Å². The fourth-order valence-electron chi connectivity index (χ4n) is 3.51. The quantitative estimate of drug-likeness (QED) is 0.696.